The Bertz CT molecular complexity index is 1080. The van der Waals surface area contributed by atoms with Crippen molar-refractivity contribution in [2.45, 2.75) is 25.7 Å². The van der Waals surface area contributed by atoms with Crippen LogP contribution in [-0.2, 0) is 16.0 Å². The van der Waals surface area contributed by atoms with Crippen LogP contribution in [0.5, 0.6) is 11.5 Å². The maximum Gasteiger partial charge on any atom is 0.227 e. The Morgan fingerprint density at radius 3 is 2.27 bits per heavy atom. The number of aryl methyl sites for hydroxylation is 1. The van der Waals surface area contributed by atoms with Gasteiger partial charge in [0.25, 0.3) is 0 Å². The van der Waals surface area contributed by atoms with Crippen LogP contribution in [-0.4, -0.2) is 29.8 Å². The number of para-hydroxylation sites is 1. The fourth-order valence-corrected chi connectivity index (χ4v) is 3.95. The Kier molecular flexibility index (Phi) is 7.35. The van der Waals surface area contributed by atoms with Crippen LogP contribution in [0.1, 0.15) is 24.8 Å². The summed E-state index contributed by atoms with van der Waals surface area (Å²) in [7, 11) is 0. The highest BCUT2D eigenvalue weighted by atomic mass is 19.1. The largest absolute Gasteiger partial charge is 0.454 e. The second-order valence-corrected chi connectivity index (χ2v) is 8.19. The third-order valence-electron chi connectivity index (χ3n) is 5.88. The lowest BCUT2D eigenvalue weighted by atomic mass is 9.95. The van der Waals surface area contributed by atoms with Crippen LogP contribution in [0.25, 0.3) is 0 Å². The monoisotopic (exact) mass is 446 g/mol. The second-order valence-electron chi connectivity index (χ2n) is 8.19. The molecule has 5 nitrogen and oxygen atoms in total. The number of likely N-dealkylation sites (tertiary alicyclic amines) is 1. The number of piperidine rings is 1. The van der Waals surface area contributed by atoms with Crippen LogP contribution >= 0.6 is 0 Å². The molecule has 1 aliphatic heterocycles. The smallest absolute Gasteiger partial charge is 0.227 e. The first-order valence-corrected chi connectivity index (χ1v) is 11.2. The molecule has 0 aliphatic carbocycles. The third-order valence-corrected chi connectivity index (χ3v) is 5.88. The molecule has 3 aromatic carbocycles. The lowest BCUT2D eigenvalue weighted by Crippen LogP contribution is -2.41. The molecule has 1 fully saturated rings. The zero-order valence-corrected chi connectivity index (χ0v) is 18.4. The molecule has 0 unspecified atom stereocenters. The van der Waals surface area contributed by atoms with Crippen molar-refractivity contribution in [3.05, 3.63) is 90.2 Å². The van der Waals surface area contributed by atoms with Gasteiger partial charge in [-0.1, -0.05) is 42.5 Å². The number of carbonyl (C=O) groups is 2. The molecule has 1 saturated heterocycles. The molecule has 3 aromatic rings. The van der Waals surface area contributed by atoms with Crippen molar-refractivity contribution in [3.63, 3.8) is 0 Å². The second kappa shape index (κ2) is 10.8. The van der Waals surface area contributed by atoms with Crippen molar-refractivity contribution in [2.24, 2.45) is 5.92 Å². The summed E-state index contributed by atoms with van der Waals surface area (Å²) in [6, 6.07) is 23.0. The van der Waals surface area contributed by atoms with E-state index >= 15 is 0 Å². The number of hydrogen-bond acceptors (Lipinski definition) is 3. The topological polar surface area (TPSA) is 58.6 Å². The van der Waals surface area contributed by atoms with Gasteiger partial charge in [-0.25, -0.2) is 4.39 Å². The highest BCUT2D eigenvalue weighted by Gasteiger charge is 2.27. The number of nitrogens with one attached hydrogen (secondary N) is 1. The van der Waals surface area contributed by atoms with Gasteiger partial charge in [-0.3, -0.25) is 9.59 Å². The molecule has 1 heterocycles. The van der Waals surface area contributed by atoms with Gasteiger partial charge < -0.3 is 15.0 Å². The van der Waals surface area contributed by atoms with E-state index in [2.05, 4.69) is 5.32 Å². The van der Waals surface area contributed by atoms with E-state index in [0.29, 0.717) is 43.8 Å². The van der Waals surface area contributed by atoms with E-state index in [9.17, 15) is 14.0 Å². The summed E-state index contributed by atoms with van der Waals surface area (Å²) in [6.45, 7) is 1.20. The van der Waals surface area contributed by atoms with E-state index in [0.717, 1.165) is 12.0 Å². The van der Waals surface area contributed by atoms with Crippen molar-refractivity contribution in [3.8, 4) is 11.5 Å². The van der Waals surface area contributed by atoms with Crippen molar-refractivity contribution < 1.29 is 18.7 Å². The Labute approximate surface area is 193 Å². The van der Waals surface area contributed by atoms with Crippen molar-refractivity contribution in [1.82, 2.24) is 4.90 Å². The number of nitrogens with zero attached hydrogens (tertiary/aromatic N) is 1. The van der Waals surface area contributed by atoms with Gasteiger partial charge in [0.2, 0.25) is 11.8 Å². The molecule has 2 amide bonds. The minimum Gasteiger partial charge on any atom is -0.454 e. The van der Waals surface area contributed by atoms with Crippen molar-refractivity contribution in [1.29, 1.82) is 0 Å². The average Bonchev–Trinajstić information content (AvgIpc) is 2.86. The molecular formula is C27H27FN2O3. The summed E-state index contributed by atoms with van der Waals surface area (Å²) in [5.41, 5.74) is 1.81. The molecule has 0 aromatic heterocycles. The molecule has 0 spiro atoms. The van der Waals surface area contributed by atoms with Gasteiger partial charge in [-0.2, -0.15) is 0 Å². The summed E-state index contributed by atoms with van der Waals surface area (Å²) >= 11 is 0. The molecule has 33 heavy (non-hydrogen) atoms. The van der Waals surface area contributed by atoms with Crippen LogP contribution in [0.4, 0.5) is 10.1 Å². The summed E-state index contributed by atoms with van der Waals surface area (Å²) in [5, 5.41) is 2.93. The first kappa shape index (κ1) is 22.5. The van der Waals surface area contributed by atoms with E-state index in [1.54, 1.807) is 42.5 Å². The molecule has 4 rings (SSSR count). The summed E-state index contributed by atoms with van der Waals surface area (Å²) in [5.74, 6) is 0.175. The van der Waals surface area contributed by atoms with Gasteiger partial charge in [0, 0.05) is 31.1 Å². The number of halogens is 1. The molecule has 0 atom stereocenters. The fraction of sp³-hybridized carbons (Fsp3) is 0.259. The van der Waals surface area contributed by atoms with Crippen LogP contribution < -0.4 is 10.1 Å². The number of benzene rings is 3. The van der Waals surface area contributed by atoms with Crippen LogP contribution in [0.3, 0.4) is 0 Å². The summed E-state index contributed by atoms with van der Waals surface area (Å²) in [6.07, 6.45) is 2.52. The van der Waals surface area contributed by atoms with Crippen LogP contribution in [0.15, 0.2) is 78.9 Å². The molecule has 0 bridgehead atoms. The van der Waals surface area contributed by atoms with Crippen LogP contribution in [0.2, 0.25) is 0 Å². The summed E-state index contributed by atoms with van der Waals surface area (Å²) in [4.78, 5) is 27.1. The average molecular weight is 447 g/mol. The number of anilines is 1. The fourth-order valence-electron chi connectivity index (χ4n) is 3.95. The van der Waals surface area contributed by atoms with Gasteiger partial charge in [0.1, 0.15) is 5.75 Å². The first-order valence-electron chi connectivity index (χ1n) is 11.2. The number of hydrogen-bond donors (Lipinski definition) is 1. The zero-order valence-electron chi connectivity index (χ0n) is 18.4. The van der Waals surface area contributed by atoms with Crippen molar-refractivity contribution >= 4 is 17.5 Å². The van der Waals surface area contributed by atoms with Gasteiger partial charge >= 0.3 is 0 Å². The predicted molar refractivity (Wildman–Crippen MR) is 126 cm³/mol. The Hall–Kier alpha value is -3.67. The highest BCUT2D eigenvalue weighted by molar-refractivity contribution is 5.92. The molecule has 170 valence electrons. The van der Waals surface area contributed by atoms with Gasteiger partial charge in [-0.05, 0) is 61.2 Å². The maximum atomic E-state index is 13.7. The Balaban J connectivity index is 1.22. The SMILES string of the molecule is O=C(Nc1ccc(Oc2ccccc2F)cc1)C1CCN(C(=O)CCc2ccccc2)CC1. The number of carbonyl (C=O) groups excluding carboxylic acids is 2. The zero-order chi connectivity index (χ0) is 23.0. The van der Waals surface area contributed by atoms with E-state index < -0.39 is 5.82 Å². The molecule has 6 heteroatoms. The van der Waals surface area contributed by atoms with Crippen molar-refractivity contribution in [2.75, 3.05) is 18.4 Å². The molecule has 0 radical (unpaired) electrons. The maximum absolute atomic E-state index is 13.7. The number of rotatable bonds is 7. The van der Waals surface area contributed by atoms with Gasteiger partial charge in [-0.15, -0.1) is 0 Å². The van der Waals surface area contributed by atoms with E-state index in [4.69, 9.17) is 4.74 Å². The molecule has 1 N–H and O–H groups in total. The Morgan fingerprint density at radius 1 is 0.909 bits per heavy atom. The van der Waals surface area contributed by atoms with Gasteiger partial charge in [0.15, 0.2) is 11.6 Å². The molecule has 1 aliphatic rings. The lowest BCUT2D eigenvalue weighted by Gasteiger charge is -2.31. The standard InChI is InChI=1S/C27H27FN2O3/c28-24-8-4-5-9-25(24)33-23-13-11-22(12-14-23)29-27(32)21-16-18-30(19-17-21)26(31)15-10-20-6-2-1-3-7-20/h1-9,11-14,21H,10,15-19H2,(H,29,32). The predicted octanol–water partition coefficient (Wildman–Crippen LogP) is 5.43. The third kappa shape index (κ3) is 6.19. The number of amides is 2. The van der Waals surface area contributed by atoms with Crippen LogP contribution in [0, 0.1) is 11.7 Å². The van der Waals surface area contributed by atoms with E-state index in [1.807, 2.05) is 35.2 Å². The minimum absolute atomic E-state index is 0.0471. The normalized spacial score (nSPS) is 14.0. The number of ether oxygens (including phenoxy) is 1. The van der Waals surface area contributed by atoms with Gasteiger partial charge in [0.05, 0.1) is 0 Å². The quantitative estimate of drug-likeness (QED) is 0.527. The first-order chi connectivity index (χ1) is 16.1. The highest BCUT2D eigenvalue weighted by Crippen LogP contribution is 2.26. The minimum atomic E-state index is -0.431. The lowest BCUT2D eigenvalue weighted by molar-refractivity contribution is -0.134. The van der Waals surface area contributed by atoms with E-state index in [1.165, 1.54) is 6.07 Å². The molecular weight excluding hydrogens is 419 g/mol. The molecule has 0 saturated carbocycles. The Morgan fingerprint density at radius 2 is 1.58 bits per heavy atom. The van der Waals surface area contributed by atoms with E-state index in [-0.39, 0.29) is 23.5 Å². The summed E-state index contributed by atoms with van der Waals surface area (Å²) < 4.78 is 19.3.